The molecule has 0 bridgehead atoms. The van der Waals surface area contributed by atoms with Gasteiger partial charge in [0.05, 0.1) is 17.8 Å². The van der Waals surface area contributed by atoms with Gasteiger partial charge in [-0.2, -0.15) is 0 Å². The molecule has 0 aliphatic carbocycles. The average molecular weight is 559 g/mol. The quantitative estimate of drug-likeness (QED) is 0.160. The molecule has 3 aromatic rings. The summed E-state index contributed by atoms with van der Waals surface area (Å²) < 4.78 is 5.22. The lowest BCUT2D eigenvalue weighted by molar-refractivity contribution is 0.0522. The number of nitrogens with zero attached hydrogens (tertiary/aromatic N) is 1. The molecule has 2 amide bonds. The molecule has 41 heavy (non-hydrogen) atoms. The number of nitrogen functional groups attached to an aromatic ring is 1. The van der Waals surface area contributed by atoms with Gasteiger partial charge in [-0.25, -0.2) is 4.79 Å². The maximum atomic E-state index is 13.0. The van der Waals surface area contributed by atoms with Gasteiger partial charge in [0.1, 0.15) is 5.60 Å². The number of aryl methyl sites for hydroxylation is 1. The highest BCUT2D eigenvalue weighted by Gasteiger charge is 2.17. The third kappa shape index (κ3) is 10.0. The molecule has 2 aromatic carbocycles. The fraction of sp³-hybridized carbons (Fsp3) is 0.394. The summed E-state index contributed by atoms with van der Waals surface area (Å²) in [7, 11) is 0. The number of anilines is 2. The fourth-order valence-electron chi connectivity index (χ4n) is 4.51. The summed E-state index contributed by atoms with van der Waals surface area (Å²) in [5, 5.41) is 5.55. The van der Waals surface area contributed by atoms with Crippen LogP contribution < -0.4 is 16.4 Å². The summed E-state index contributed by atoms with van der Waals surface area (Å²) in [5.41, 5.74) is 10.2. The summed E-state index contributed by atoms with van der Waals surface area (Å²) in [5.74, 6) is 0.119. The van der Waals surface area contributed by atoms with Crippen molar-refractivity contribution in [3.05, 3.63) is 88.7 Å². The molecule has 0 saturated heterocycles. The van der Waals surface area contributed by atoms with Crippen LogP contribution in [0.3, 0.4) is 0 Å². The van der Waals surface area contributed by atoms with E-state index in [0.717, 1.165) is 36.9 Å². The molecule has 1 aromatic heterocycles. The summed E-state index contributed by atoms with van der Waals surface area (Å²) in [4.78, 5) is 42.1. The first-order valence-corrected chi connectivity index (χ1v) is 14.2. The number of ether oxygens (including phenoxy) is 1. The standard InChI is InChI=1S/C33H42N4O4/c1-6-8-23(24-13-16-27(34)17-14-24)9-7-10-30(38)25-12-11-22(2)29(19-25)37-31(39)26-15-18-28(35-20-26)21-36-32(40)41-33(3,4)5/h11-20,23H,6-10,21,34H2,1-5H3,(H,36,40)(H,37,39). The van der Waals surface area contributed by atoms with E-state index in [1.807, 2.05) is 31.2 Å². The van der Waals surface area contributed by atoms with Crippen LogP contribution in [0.5, 0.6) is 0 Å². The molecule has 0 aliphatic heterocycles. The molecule has 1 unspecified atom stereocenters. The molecule has 1 atom stereocenters. The van der Waals surface area contributed by atoms with E-state index in [1.165, 1.54) is 11.8 Å². The van der Waals surface area contributed by atoms with E-state index in [-0.39, 0.29) is 18.2 Å². The van der Waals surface area contributed by atoms with Crippen molar-refractivity contribution in [2.75, 3.05) is 11.1 Å². The zero-order valence-corrected chi connectivity index (χ0v) is 24.8. The molecule has 8 heteroatoms. The summed E-state index contributed by atoms with van der Waals surface area (Å²) in [6.07, 6.45) is 5.21. The van der Waals surface area contributed by atoms with E-state index in [1.54, 1.807) is 39.0 Å². The van der Waals surface area contributed by atoms with Gasteiger partial charge in [-0.15, -0.1) is 0 Å². The Kier molecular flexibility index (Phi) is 11.0. The summed E-state index contributed by atoms with van der Waals surface area (Å²) >= 11 is 0. The Labute approximate surface area is 243 Å². The van der Waals surface area contributed by atoms with Gasteiger partial charge >= 0.3 is 6.09 Å². The van der Waals surface area contributed by atoms with Gasteiger partial charge in [0.2, 0.25) is 0 Å². The molecule has 0 radical (unpaired) electrons. The molecule has 1 heterocycles. The zero-order valence-electron chi connectivity index (χ0n) is 24.8. The van der Waals surface area contributed by atoms with Crippen LogP contribution in [-0.2, 0) is 11.3 Å². The first-order chi connectivity index (χ1) is 19.4. The van der Waals surface area contributed by atoms with Crippen molar-refractivity contribution in [2.24, 2.45) is 0 Å². The SMILES string of the molecule is CCCC(CCCC(=O)c1ccc(C)c(NC(=O)c2ccc(CNC(=O)OC(C)(C)C)nc2)c1)c1ccc(N)cc1. The number of hydrogen-bond acceptors (Lipinski definition) is 6. The van der Waals surface area contributed by atoms with Crippen molar-refractivity contribution in [1.82, 2.24) is 10.3 Å². The fourth-order valence-corrected chi connectivity index (χ4v) is 4.51. The first kappa shape index (κ1) is 31.3. The molecule has 8 nitrogen and oxygen atoms in total. The number of alkyl carbamates (subject to hydrolysis) is 1. The van der Waals surface area contributed by atoms with Gasteiger partial charge < -0.3 is 21.1 Å². The predicted octanol–water partition coefficient (Wildman–Crippen LogP) is 7.19. The van der Waals surface area contributed by atoms with Crippen LogP contribution in [0.1, 0.15) is 103 Å². The molecular weight excluding hydrogens is 516 g/mol. The van der Waals surface area contributed by atoms with Gasteiger partial charge in [-0.05, 0) is 94.3 Å². The number of carbonyl (C=O) groups is 3. The van der Waals surface area contributed by atoms with Crippen LogP contribution in [0.25, 0.3) is 0 Å². The molecule has 4 N–H and O–H groups in total. The second-order valence-electron chi connectivity index (χ2n) is 11.3. The van der Waals surface area contributed by atoms with Gasteiger partial charge in [0, 0.05) is 29.6 Å². The van der Waals surface area contributed by atoms with Gasteiger partial charge in [0.25, 0.3) is 5.91 Å². The first-order valence-electron chi connectivity index (χ1n) is 14.2. The number of hydrogen-bond donors (Lipinski definition) is 3. The van der Waals surface area contributed by atoms with Crippen molar-refractivity contribution in [3.8, 4) is 0 Å². The van der Waals surface area contributed by atoms with Gasteiger partial charge in [0.15, 0.2) is 5.78 Å². The number of rotatable bonds is 12. The highest BCUT2D eigenvalue weighted by atomic mass is 16.6. The zero-order chi connectivity index (χ0) is 30.0. The van der Waals surface area contributed by atoms with Gasteiger partial charge in [-0.1, -0.05) is 37.6 Å². The number of carbonyl (C=O) groups excluding carboxylic acids is 3. The Morgan fingerprint density at radius 2 is 1.68 bits per heavy atom. The number of nitrogens with one attached hydrogen (secondary N) is 2. The molecule has 0 aliphatic rings. The minimum absolute atomic E-state index is 0.0524. The number of Topliss-reactive ketones (excluding diaryl/α,β-unsaturated/α-hetero) is 1. The lowest BCUT2D eigenvalue weighted by atomic mass is 9.89. The predicted molar refractivity (Wildman–Crippen MR) is 163 cm³/mol. The third-order valence-corrected chi connectivity index (χ3v) is 6.71. The number of ketones is 1. The highest BCUT2D eigenvalue weighted by molar-refractivity contribution is 6.05. The van der Waals surface area contributed by atoms with E-state index >= 15 is 0 Å². The van der Waals surface area contributed by atoms with E-state index in [0.29, 0.717) is 34.8 Å². The lowest BCUT2D eigenvalue weighted by Gasteiger charge is -2.19. The van der Waals surface area contributed by atoms with E-state index in [2.05, 4.69) is 34.7 Å². The molecule has 0 spiro atoms. The van der Waals surface area contributed by atoms with Crippen molar-refractivity contribution in [2.45, 2.75) is 84.8 Å². The van der Waals surface area contributed by atoms with Crippen LogP contribution in [0.4, 0.5) is 16.2 Å². The van der Waals surface area contributed by atoms with Crippen LogP contribution in [0, 0.1) is 6.92 Å². The van der Waals surface area contributed by atoms with Crippen LogP contribution >= 0.6 is 0 Å². The average Bonchev–Trinajstić information content (AvgIpc) is 2.92. The number of benzene rings is 2. The molecule has 0 fully saturated rings. The van der Waals surface area contributed by atoms with Gasteiger partial charge in [-0.3, -0.25) is 14.6 Å². The second kappa shape index (κ2) is 14.4. The Hall–Kier alpha value is -4.20. The number of amides is 2. The number of nitrogens with two attached hydrogens (primary N) is 1. The monoisotopic (exact) mass is 558 g/mol. The molecule has 3 rings (SSSR count). The van der Waals surface area contributed by atoms with E-state index in [9.17, 15) is 14.4 Å². The summed E-state index contributed by atoms with van der Waals surface area (Å²) in [6, 6.07) is 16.7. The summed E-state index contributed by atoms with van der Waals surface area (Å²) in [6.45, 7) is 9.61. The van der Waals surface area contributed by atoms with Crippen LogP contribution in [0.15, 0.2) is 60.8 Å². The van der Waals surface area contributed by atoms with E-state index < -0.39 is 11.7 Å². The second-order valence-corrected chi connectivity index (χ2v) is 11.3. The minimum Gasteiger partial charge on any atom is -0.444 e. The Morgan fingerprint density at radius 3 is 2.32 bits per heavy atom. The Bertz CT molecular complexity index is 1330. The maximum Gasteiger partial charge on any atom is 0.407 e. The normalized spacial score (nSPS) is 11.9. The van der Waals surface area contributed by atoms with Crippen molar-refractivity contribution < 1.29 is 19.1 Å². The van der Waals surface area contributed by atoms with Crippen molar-refractivity contribution >= 4 is 29.2 Å². The smallest absolute Gasteiger partial charge is 0.407 e. The molecule has 218 valence electrons. The Morgan fingerprint density at radius 1 is 0.976 bits per heavy atom. The minimum atomic E-state index is -0.588. The van der Waals surface area contributed by atoms with Crippen molar-refractivity contribution in [1.29, 1.82) is 0 Å². The Balaban J connectivity index is 1.56. The molecule has 0 saturated carbocycles. The van der Waals surface area contributed by atoms with Crippen molar-refractivity contribution in [3.63, 3.8) is 0 Å². The molecular formula is C33H42N4O4. The number of aromatic nitrogens is 1. The largest absolute Gasteiger partial charge is 0.444 e. The third-order valence-electron chi connectivity index (χ3n) is 6.71. The number of pyridine rings is 1. The lowest BCUT2D eigenvalue weighted by Crippen LogP contribution is -2.32. The van der Waals surface area contributed by atoms with E-state index in [4.69, 9.17) is 10.5 Å². The maximum absolute atomic E-state index is 13.0. The highest BCUT2D eigenvalue weighted by Crippen LogP contribution is 2.28. The van der Waals surface area contributed by atoms with Crippen LogP contribution in [0.2, 0.25) is 0 Å². The topological polar surface area (TPSA) is 123 Å². The van der Waals surface area contributed by atoms with Crippen LogP contribution in [-0.4, -0.2) is 28.4 Å².